The van der Waals surface area contributed by atoms with E-state index in [1.165, 1.54) is 19.3 Å². The SMILES string of the molecule is CC(=O)Cc1cnn(C2CCC2)c1. The number of aromatic nitrogens is 2. The monoisotopic (exact) mass is 178 g/mol. The summed E-state index contributed by atoms with van der Waals surface area (Å²) in [6.45, 7) is 1.61. The van der Waals surface area contributed by atoms with Crippen molar-refractivity contribution in [2.24, 2.45) is 0 Å². The molecule has 1 aliphatic rings. The minimum absolute atomic E-state index is 0.202. The lowest BCUT2D eigenvalue weighted by atomic mass is 9.93. The quantitative estimate of drug-likeness (QED) is 0.706. The molecule has 0 radical (unpaired) electrons. The standard InChI is InChI=1S/C10H14N2O/c1-8(13)5-9-6-11-12(7-9)10-3-2-4-10/h6-7,10H,2-5H2,1H3. The maximum Gasteiger partial charge on any atom is 0.134 e. The Morgan fingerprint density at radius 1 is 1.69 bits per heavy atom. The van der Waals surface area contributed by atoms with Crippen molar-refractivity contribution in [2.45, 2.75) is 38.6 Å². The van der Waals surface area contributed by atoms with Crippen molar-refractivity contribution >= 4 is 5.78 Å². The summed E-state index contributed by atoms with van der Waals surface area (Å²) in [4.78, 5) is 10.8. The van der Waals surface area contributed by atoms with Gasteiger partial charge in [0.05, 0.1) is 12.2 Å². The van der Waals surface area contributed by atoms with E-state index in [1.54, 1.807) is 13.1 Å². The fourth-order valence-corrected chi connectivity index (χ4v) is 1.61. The van der Waals surface area contributed by atoms with Crippen molar-refractivity contribution < 1.29 is 4.79 Å². The first kappa shape index (κ1) is 8.48. The normalized spacial score (nSPS) is 17.0. The van der Waals surface area contributed by atoms with Crippen LogP contribution in [0.1, 0.15) is 37.8 Å². The van der Waals surface area contributed by atoms with Crippen LogP contribution in [0, 0.1) is 0 Å². The molecule has 3 heteroatoms. The van der Waals surface area contributed by atoms with Gasteiger partial charge in [0, 0.05) is 12.6 Å². The van der Waals surface area contributed by atoms with Crippen molar-refractivity contribution in [1.82, 2.24) is 9.78 Å². The molecule has 1 heterocycles. The number of hydrogen-bond acceptors (Lipinski definition) is 2. The van der Waals surface area contributed by atoms with Gasteiger partial charge in [-0.2, -0.15) is 5.10 Å². The first-order chi connectivity index (χ1) is 6.25. The molecule has 1 saturated carbocycles. The van der Waals surface area contributed by atoms with Crippen molar-refractivity contribution in [3.63, 3.8) is 0 Å². The number of rotatable bonds is 3. The van der Waals surface area contributed by atoms with Crippen molar-refractivity contribution in [3.8, 4) is 0 Å². The highest BCUT2D eigenvalue weighted by atomic mass is 16.1. The van der Waals surface area contributed by atoms with Gasteiger partial charge in [0.1, 0.15) is 5.78 Å². The van der Waals surface area contributed by atoms with Crippen molar-refractivity contribution in [3.05, 3.63) is 18.0 Å². The molecule has 0 aromatic carbocycles. The van der Waals surface area contributed by atoms with E-state index in [9.17, 15) is 4.79 Å². The van der Waals surface area contributed by atoms with Gasteiger partial charge in [-0.05, 0) is 31.7 Å². The molecular formula is C10H14N2O. The zero-order valence-corrected chi connectivity index (χ0v) is 7.86. The Hall–Kier alpha value is -1.12. The Bertz CT molecular complexity index is 312. The van der Waals surface area contributed by atoms with Crippen LogP contribution in [0.2, 0.25) is 0 Å². The molecule has 0 amide bonds. The average Bonchev–Trinajstić information content (AvgIpc) is 2.31. The van der Waals surface area contributed by atoms with Gasteiger partial charge >= 0.3 is 0 Å². The minimum atomic E-state index is 0.202. The number of Topliss-reactive ketones (excluding diaryl/α,β-unsaturated/α-hetero) is 1. The maximum atomic E-state index is 10.8. The first-order valence-electron chi connectivity index (χ1n) is 4.78. The van der Waals surface area contributed by atoms with E-state index in [0.29, 0.717) is 12.5 Å². The third-order valence-corrected chi connectivity index (χ3v) is 2.56. The summed E-state index contributed by atoms with van der Waals surface area (Å²) in [5.41, 5.74) is 1.04. The fraction of sp³-hybridized carbons (Fsp3) is 0.600. The molecule has 0 atom stereocenters. The highest BCUT2D eigenvalue weighted by molar-refractivity contribution is 5.77. The largest absolute Gasteiger partial charge is 0.300 e. The number of carbonyl (C=O) groups is 1. The summed E-state index contributed by atoms with van der Waals surface area (Å²) >= 11 is 0. The second-order valence-corrected chi connectivity index (χ2v) is 3.79. The van der Waals surface area contributed by atoms with E-state index in [1.807, 2.05) is 10.9 Å². The molecule has 1 aromatic rings. The van der Waals surface area contributed by atoms with Crippen LogP contribution >= 0.6 is 0 Å². The van der Waals surface area contributed by atoms with Gasteiger partial charge in [0.2, 0.25) is 0 Å². The molecule has 0 spiro atoms. The van der Waals surface area contributed by atoms with Gasteiger partial charge in [0.15, 0.2) is 0 Å². The molecule has 0 unspecified atom stereocenters. The Morgan fingerprint density at radius 2 is 2.46 bits per heavy atom. The fourth-order valence-electron chi connectivity index (χ4n) is 1.61. The Morgan fingerprint density at radius 3 is 3.00 bits per heavy atom. The molecule has 0 saturated heterocycles. The van der Waals surface area contributed by atoms with Crippen LogP contribution in [-0.2, 0) is 11.2 Å². The van der Waals surface area contributed by atoms with Crippen LogP contribution < -0.4 is 0 Å². The second-order valence-electron chi connectivity index (χ2n) is 3.79. The molecule has 3 nitrogen and oxygen atoms in total. The Balaban J connectivity index is 2.04. The summed E-state index contributed by atoms with van der Waals surface area (Å²) < 4.78 is 2.00. The number of hydrogen-bond donors (Lipinski definition) is 0. The van der Waals surface area contributed by atoms with Gasteiger partial charge in [-0.25, -0.2) is 0 Å². The first-order valence-corrected chi connectivity index (χ1v) is 4.78. The van der Waals surface area contributed by atoms with E-state index in [4.69, 9.17) is 0 Å². The van der Waals surface area contributed by atoms with Gasteiger partial charge < -0.3 is 0 Å². The summed E-state index contributed by atoms with van der Waals surface area (Å²) in [6.07, 6.45) is 8.12. The van der Waals surface area contributed by atoms with Gasteiger partial charge in [0.25, 0.3) is 0 Å². The minimum Gasteiger partial charge on any atom is -0.300 e. The lowest BCUT2D eigenvalue weighted by Crippen LogP contribution is -2.17. The van der Waals surface area contributed by atoms with E-state index in [2.05, 4.69) is 5.10 Å². The molecule has 1 aromatic heterocycles. The van der Waals surface area contributed by atoms with Crippen LogP contribution in [0.15, 0.2) is 12.4 Å². The highest BCUT2D eigenvalue weighted by Crippen LogP contribution is 2.30. The summed E-state index contributed by atoms with van der Waals surface area (Å²) in [7, 11) is 0. The zero-order valence-electron chi connectivity index (χ0n) is 7.86. The van der Waals surface area contributed by atoms with E-state index in [-0.39, 0.29) is 5.78 Å². The van der Waals surface area contributed by atoms with Crippen LogP contribution in [0.4, 0.5) is 0 Å². The van der Waals surface area contributed by atoms with Crippen LogP contribution in [0.25, 0.3) is 0 Å². The molecule has 0 aliphatic heterocycles. The second kappa shape index (κ2) is 3.32. The topological polar surface area (TPSA) is 34.9 Å². The third kappa shape index (κ3) is 1.79. The predicted molar refractivity (Wildman–Crippen MR) is 49.5 cm³/mol. The number of carbonyl (C=O) groups excluding carboxylic acids is 1. The maximum absolute atomic E-state index is 10.8. The van der Waals surface area contributed by atoms with Crippen LogP contribution in [-0.4, -0.2) is 15.6 Å². The van der Waals surface area contributed by atoms with Crippen molar-refractivity contribution in [2.75, 3.05) is 0 Å². The van der Waals surface area contributed by atoms with Gasteiger partial charge in [-0.3, -0.25) is 9.48 Å². The number of nitrogens with zero attached hydrogens (tertiary/aromatic N) is 2. The molecular weight excluding hydrogens is 164 g/mol. The lowest BCUT2D eigenvalue weighted by Gasteiger charge is -2.25. The van der Waals surface area contributed by atoms with Gasteiger partial charge in [-0.15, -0.1) is 0 Å². The number of ketones is 1. The smallest absolute Gasteiger partial charge is 0.134 e. The molecule has 2 rings (SSSR count). The molecule has 1 aliphatic carbocycles. The average molecular weight is 178 g/mol. The lowest BCUT2D eigenvalue weighted by molar-refractivity contribution is -0.116. The molecule has 13 heavy (non-hydrogen) atoms. The molecule has 0 bridgehead atoms. The van der Waals surface area contributed by atoms with Gasteiger partial charge in [-0.1, -0.05) is 0 Å². The Kier molecular flexibility index (Phi) is 2.17. The predicted octanol–water partition coefficient (Wildman–Crippen LogP) is 1.74. The van der Waals surface area contributed by atoms with Crippen LogP contribution in [0.5, 0.6) is 0 Å². The summed E-state index contributed by atoms with van der Waals surface area (Å²) in [5.74, 6) is 0.202. The van der Waals surface area contributed by atoms with Crippen molar-refractivity contribution in [1.29, 1.82) is 0 Å². The Labute approximate surface area is 77.7 Å². The molecule has 0 N–H and O–H groups in total. The summed E-state index contributed by atoms with van der Waals surface area (Å²) in [5, 5.41) is 4.26. The summed E-state index contributed by atoms with van der Waals surface area (Å²) in [6, 6.07) is 0.598. The van der Waals surface area contributed by atoms with Crippen LogP contribution in [0.3, 0.4) is 0 Å². The zero-order chi connectivity index (χ0) is 9.26. The third-order valence-electron chi connectivity index (χ3n) is 2.56. The highest BCUT2D eigenvalue weighted by Gasteiger charge is 2.19. The van der Waals surface area contributed by atoms with E-state index in [0.717, 1.165) is 5.56 Å². The van der Waals surface area contributed by atoms with E-state index < -0.39 is 0 Å². The molecule has 1 fully saturated rings. The van der Waals surface area contributed by atoms with E-state index >= 15 is 0 Å². The molecule has 70 valence electrons.